The molecule has 0 unspecified atom stereocenters. The maximum Gasteiger partial charge on any atom is 0.219 e. The molecule has 0 aliphatic rings. The van der Waals surface area contributed by atoms with Crippen molar-refractivity contribution in [1.82, 2.24) is 4.98 Å². The zero-order valence-corrected chi connectivity index (χ0v) is 8.15. The first-order valence-electron chi connectivity index (χ1n) is 4.49. The molecule has 2 N–H and O–H groups in total. The van der Waals surface area contributed by atoms with Crippen LogP contribution >= 0.6 is 0 Å². The molecular formula is C11H8F2N2O. The molecule has 3 nitrogen and oxygen atoms in total. The number of nitrogens with zero attached hydrogens (tertiary/aromatic N) is 1. The molecule has 16 heavy (non-hydrogen) atoms. The fraction of sp³-hybridized carbons (Fsp3) is 0. The van der Waals surface area contributed by atoms with E-state index >= 15 is 0 Å². The molecular weight excluding hydrogens is 214 g/mol. The van der Waals surface area contributed by atoms with E-state index in [2.05, 4.69) is 4.98 Å². The van der Waals surface area contributed by atoms with E-state index in [9.17, 15) is 8.78 Å². The Hall–Kier alpha value is -2.17. The van der Waals surface area contributed by atoms with Gasteiger partial charge < -0.3 is 10.5 Å². The molecule has 0 aliphatic carbocycles. The van der Waals surface area contributed by atoms with E-state index in [0.717, 1.165) is 12.3 Å². The van der Waals surface area contributed by atoms with Gasteiger partial charge in [-0.2, -0.15) is 0 Å². The maximum atomic E-state index is 13.1. The molecule has 0 atom stereocenters. The predicted octanol–water partition coefficient (Wildman–Crippen LogP) is 2.73. The van der Waals surface area contributed by atoms with Crippen LogP contribution in [0.15, 0.2) is 36.5 Å². The first-order valence-corrected chi connectivity index (χ1v) is 4.49. The maximum absolute atomic E-state index is 13.1. The third-order valence-electron chi connectivity index (χ3n) is 1.89. The smallest absolute Gasteiger partial charge is 0.219 e. The van der Waals surface area contributed by atoms with Crippen LogP contribution in [0.4, 0.5) is 14.5 Å². The summed E-state index contributed by atoms with van der Waals surface area (Å²) in [5.74, 6) is -0.591. The summed E-state index contributed by atoms with van der Waals surface area (Å²) in [4.78, 5) is 3.67. The molecule has 0 bridgehead atoms. The minimum absolute atomic E-state index is 0.0411. The zero-order chi connectivity index (χ0) is 11.5. The third-order valence-corrected chi connectivity index (χ3v) is 1.89. The van der Waals surface area contributed by atoms with Crippen molar-refractivity contribution in [3.8, 4) is 11.6 Å². The van der Waals surface area contributed by atoms with Crippen LogP contribution in [0.1, 0.15) is 0 Å². The van der Waals surface area contributed by atoms with Crippen molar-refractivity contribution < 1.29 is 13.5 Å². The summed E-state index contributed by atoms with van der Waals surface area (Å²) in [6.07, 6.45) is 1.02. The monoisotopic (exact) mass is 222 g/mol. The summed E-state index contributed by atoms with van der Waals surface area (Å²) in [5, 5.41) is 0. The second-order valence-corrected chi connectivity index (χ2v) is 3.10. The minimum atomic E-state index is -0.570. The fourth-order valence-electron chi connectivity index (χ4n) is 1.11. The summed E-state index contributed by atoms with van der Waals surface area (Å²) < 4.78 is 30.8. The summed E-state index contributed by atoms with van der Waals surface area (Å²) in [7, 11) is 0. The van der Waals surface area contributed by atoms with Crippen molar-refractivity contribution in [3.05, 3.63) is 48.2 Å². The predicted molar refractivity (Wildman–Crippen MR) is 55.1 cm³/mol. The average Bonchev–Trinajstić information content (AvgIpc) is 2.27. The van der Waals surface area contributed by atoms with Crippen molar-refractivity contribution in [2.75, 3.05) is 5.73 Å². The van der Waals surface area contributed by atoms with Gasteiger partial charge in [0.05, 0.1) is 11.9 Å². The molecule has 0 amide bonds. The standard InChI is InChI=1S/C11H8F2N2O/c12-7-1-4-11(15-6-7)16-8-2-3-10(14)9(13)5-8/h1-6H,14H2. The molecule has 0 fully saturated rings. The highest BCUT2D eigenvalue weighted by Gasteiger charge is 2.03. The van der Waals surface area contributed by atoms with Crippen molar-refractivity contribution >= 4 is 5.69 Å². The number of benzene rings is 1. The van der Waals surface area contributed by atoms with Crippen LogP contribution in [0.2, 0.25) is 0 Å². The number of anilines is 1. The number of nitrogen functional groups attached to an aromatic ring is 1. The van der Waals surface area contributed by atoms with Crippen molar-refractivity contribution in [2.24, 2.45) is 0 Å². The summed E-state index contributed by atoms with van der Waals surface area (Å²) >= 11 is 0. The molecule has 0 saturated carbocycles. The fourth-order valence-corrected chi connectivity index (χ4v) is 1.11. The molecule has 82 valence electrons. The first kappa shape index (κ1) is 10.4. The van der Waals surface area contributed by atoms with Crippen molar-refractivity contribution in [3.63, 3.8) is 0 Å². The van der Waals surface area contributed by atoms with Crippen LogP contribution in [0.3, 0.4) is 0 Å². The van der Waals surface area contributed by atoms with E-state index in [1.54, 1.807) is 0 Å². The van der Waals surface area contributed by atoms with Gasteiger partial charge in [0.2, 0.25) is 5.88 Å². The van der Waals surface area contributed by atoms with Gasteiger partial charge in [-0.15, -0.1) is 0 Å². The molecule has 0 saturated heterocycles. The largest absolute Gasteiger partial charge is 0.439 e. The average molecular weight is 222 g/mol. The first-order chi connectivity index (χ1) is 7.65. The number of halogens is 2. The Kier molecular flexibility index (Phi) is 2.68. The molecule has 5 heteroatoms. The number of pyridine rings is 1. The van der Waals surface area contributed by atoms with Crippen LogP contribution in [-0.4, -0.2) is 4.98 Å². The van der Waals surface area contributed by atoms with Crippen LogP contribution in [-0.2, 0) is 0 Å². The highest BCUT2D eigenvalue weighted by atomic mass is 19.1. The SMILES string of the molecule is Nc1ccc(Oc2ccc(F)cn2)cc1F. The van der Waals surface area contributed by atoms with Gasteiger partial charge >= 0.3 is 0 Å². The number of rotatable bonds is 2. The van der Waals surface area contributed by atoms with Gasteiger partial charge in [0.15, 0.2) is 0 Å². The van der Waals surface area contributed by atoms with Gasteiger partial charge in [0.25, 0.3) is 0 Å². The summed E-state index contributed by atoms with van der Waals surface area (Å²) in [5.41, 5.74) is 5.35. The Balaban J connectivity index is 2.20. The second kappa shape index (κ2) is 4.14. The van der Waals surface area contributed by atoms with Gasteiger partial charge in [-0.05, 0) is 18.2 Å². The minimum Gasteiger partial charge on any atom is -0.439 e. The van der Waals surface area contributed by atoms with Gasteiger partial charge in [0.1, 0.15) is 17.4 Å². The number of hydrogen-bond donors (Lipinski definition) is 1. The van der Waals surface area contributed by atoms with Crippen LogP contribution in [0.25, 0.3) is 0 Å². The van der Waals surface area contributed by atoms with Gasteiger partial charge in [-0.25, -0.2) is 13.8 Å². The second-order valence-electron chi connectivity index (χ2n) is 3.10. The molecule has 0 aliphatic heterocycles. The molecule has 1 heterocycles. The lowest BCUT2D eigenvalue weighted by Crippen LogP contribution is -1.92. The number of hydrogen-bond acceptors (Lipinski definition) is 3. The normalized spacial score (nSPS) is 10.1. The molecule has 0 radical (unpaired) electrons. The van der Waals surface area contributed by atoms with E-state index in [1.165, 1.54) is 24.3 Å². The Morgan fingerprint density at radius 1 is 1.12 bits per heavy atom. The molecule has 2 rings (SSSR count). The third kappa shape index (κ3) is 2.25. The lowest BCUT2D eigenvalue weighted by Gasteiger charge is -2.05. The van der Waals surface area contributed by atoms with E-state index in [4.69, 9.17) is 10.5 Å². The highest BCUT2D eigenvalue weighted by molar-refractivity contribution is 5.44. The number of ether oxygens (including phenoxy) is 1. The summed E-state index contributed by atoms with van der Waals surface area (Å²) in [6.45, 7) is 0. The van der Waals surface area contributed by atoms with Gasteiger partial charge in [-0.1, -0.05) is 0 Å². The van der Waals surface area contributed by atoms with E-state index in [1.807, 2.05) is 0 Å². The topological polar surface area (TPSA) is 48.1 Å². The van der Waals surface area contributed by atoms with Crippen LogP contribution in [0, 0.1) is 11.6 Å². The molecule has 0 spiro atoms. The van der Waals surface area contributed by atoms with E-state index in [-0.39, 0.29) is 17.3 Å². The lowest BCUT2D eigenvalue weighted by atomic mass is 10.3. The zero-order valence-electron chi connectivity index (χ0n) is 8.15. The molecule has 1 aromatic carbocycles. The Labute approximate surface area is 90.5 Å². The van der Waals surface area contributed by atoms with E-state index in [0.29, 0.717) is 0 Å². The molecule has 1 aromatic heterocycles. The number of aromatic nitrogens is 1. The van der Waals surface area contributed by atoms with Gasteiger partial charge in [-0.3, -0.25) is 0 Å². The van der Waals surface area contributed by atoms with Crippen molar-refractivity contribution in [2.45, 2.75) is 0 Å². The summed E-state index contributed by atoms with van der Waals surface area (Å²) in [6, 6.07) is 6.58. The van der Waals surface area contributed by atoms with E-state index < -0.39 is 11.6 Å². The van der Waals surface area contributed by atoms with Crippen LogP contribution in [0.5, 0.6) is 11.6 Å². The van der Waals surface area contributed by atoms with Gasteiger partial charge in [0, 0.05) is 12.1 Å². The van der Waals surface area contributed by atoms with Crippen LogP contribution < -0.4 is 10.5 Å². The number of nitrogens with two attached hydrogens (primary N) is 1. The Morgan fingerprint density at radius 2 is 1.94 bits per heavy atom. The lowest BCUT2D eigenvalue weighted by molar-refractivity contribution is 0.455. The molecule has 2 aromatic rings. The van der Waals surface area contributed by atoms with Crippen molar-refractivity contribution in [1.29, 1.82) is 0 Å². The highest BCUT2D eigenvalue weighted by Crippen LogP contribution is 2.22. The quantitative estimate of drug-likeness (QED) is 0.795. The Bertz CT molecular complexity index is 500. The Morgan fingerprint density at radius 3 is 2.56 bits per heavy atom.